The summed E-state index contributed by atoms with van der Waals surface area (Å²) in [5.74, 6) is 1.70. The lowest BCUT2D eigenvalue weighted by Crippen LogP contribution is -2.54. The number of carbonyl (C=O) groups is 1. The van der Waals surface area contributed by atoms with Crippen molar-refractivity contribution in [1.29, 1.82) is 0 Å². The van der Waals surface area contributed by atoms with Gasteiger partial charge in [0.15, 0.2) is 0 Å². The molecule has 1 aliphatic carbocycles. The lowest BCUT2D eigenvalue weighted by Gasteiger charge is -2.36. The molecule has 8 heteroatoms. The maximum atomic E-state index is 13.1. The first kappa shape index (κ1) is 22.3. The molecule has 0 radical (unpaired) electrons. The van der Waals surface area contributed by atoms with Crippen LogP contribution >= 0.6 is 0 Å². The minimum absolute atomic E-state index is 0.0130. The van der Waals surface area contributed by atoms with E-state index in [0.29, 0.717) is 25.1 Å². The summed E-state index contributed by atoms with van der Waals surface area (Å²) in [6.45, 7) is 4.02. The molecule has 3 fully saturated rings. The van der Waals surface area contributed by atoms with E-state index in [9.17, 15) is 4.79 Å². The minimum Gasteiger partial charge on any atom is -0.356 e. The van der Waals surface area contributed by atoms with Gasteiger partial charge in [-0.2, -0.15) is 4.98 Å². The molecule has 172 valence electrons. The number of rotatable bonds is 7. The van der Waals surface area contributed by atoms with Gasteiger partial charge in [-0.3, -0.25) is 9.69 Å². The summed E-state index contributed by atoms with van der Waals surface area (Å²) in [5.41, 5.74) is 5.64. The predicted octanol–water partition coefficient (Wildman–Crippen LogP) is 2.12. The molecule has 1 aromatic rings. The molecule has 0 aromatic carbocycles. The van der Waals surface area contributed by atoms with Gasteiger partial charge in [0.05, 0.1) is 6.04 Å². The molecule has 2 aliphatic heterocycles. The second-order valence-corrected chi connectivity index (χ2v) is 9.23. The van der Waals surface area contributed by atoms with Gasteiger partial charge in [0.25, 0.3) is 0 Å². The van der Waals surface area contributed by atoms with Gasteiger partial charge in [0.1, 0.15) is 11.9 Å². The van der Waals surface area contributed by atoms with Gasteiger partial charge in [0.2, 0.25) is 11.9 Å². The molecular formula is C23H39N7O. The Morgan fingerprint density at radius 2 is 1.77 bits per heavy atom. The van der Waals surface area contributed by atoms with Crippen LogP contribution in [0.5, 0.6) is 0 Å². The Labute approximate surface area is 186 Å². The van der Waals surface area contributed by atoms with Crippen molar-refractivity contribution in [2.75, 3.05) is 42.9 Å². The number of anilines is 2. The fourth-order valence-electron chi connectivity index (χ4n) is 5.48. The van der Waals surface area contributed by atoms with Crippen molar-refractivity contribution < 1.29 is 4.79 Å². The number of nitrogens with one attached hydrogen (secondary N) is 2. The molecule has 8 nitrogen and oxygen atoms in total. The fourth-order valence-corrected chi connectivity index (χ4v) is 5.48. The van der Waals surface area contributed by atoms with Crippen molar-refractivity contribution >= 4 is 17.7 Å². The molecule has 3 heterocycles. The first-order chi connectivity index (χ1) is 15.3. The van der Waals surface area contributed by atoms with Crippen LogP contribution in [0.25, 0.3) is 0 Å². The molecule has 1 amide bonds. The average molecular weight is 430 g/mol. The third kappa shape index (κ3) is 5.66. The van der Waals surface area contributed by atoms with E-state index in [4.69, 9.17) is 10.7 Å². The third-order valence-corrected chi connectivity index (χ3v) is 7.08. The van der Waals surface area contributed by atoms with Crippen LogP contribution in [0.4, 0.5) is 11.8 Å². The lowest BCUT2D eigenvalue weighted by atomic mass is 9.93. The maximum Gasteiger partial charge on any atom is 0.239 e. The van der Waals surface area contributed by atoms with Crippen LogP contribution in [-0.2, 0) is 4.79 Å². The quantitative estimate of drug-likeness (QED) is 0.610. The van der Waals surface area contributed by atoms with E-state index in [1.54, 1.807) is 0 Å². The molecule has 1 aromatic heterocycles. The van der Waals surface area contributed by atoms with E-state index in [0.717, 1.165) is 31.9 Å². The lowest BCUT2D eigenvalue weighted by molar-refractivity contribution is -0.126. The number of hydrogen-bond donors (Lipinski definition) is 3. The fraction of sp³-hybridized carbons (Fsp3) is 0.783. The number of nitrogens with zero attached hydrogens (tertiary/aromatic N) is 4. The van der Waals surface area contributed by atoms with Crippen molar-refractivity contribution in [1.82, 2.24) is 20.2 Å². The van der Waals surface area contributed by atoms with Gasteiger partial charge in [0, 0.05) is 45.0 Å². The molecule has 3 aliphatic rings. The standard InChI is InChI=1S/C23H39N7O/c24-12-14-25-22(31)21-19(11-17-30(21)18-8-4-3-5-9-18)27-23-26-13-10-20(28-23)29-15-6-1-2-7-16-29/h10,13,18-19,21H,1-9,11-12,14-17,24H2,(H,25,31)(H,26,27,28)/t19-,21-/m0/s1. The van der Waals surface area contributed by atoms with E-state index in [-0.39, 0.29) is 18.0 Å². The Morgan fingerprint density at radius 3 is 2.52 bits per heavy atom. The second kappa shape index (κ2) is 11.1. The summed E-state index contributed by atoms with van der Waals surface area (Å²) in [7, 11) is 0. The summed E-state index contributed by atoms with van der Waals surface area (Å²) in [6.07, 6.45) is 14.0. The number of hydrogen-bond acceptors (Lipinski definition) is 7. The van der Waals surface area contributed by atoms with Gasteiger partial charge in [-0.05, 0) is 38.2 Å². The smallest absolute Gasteiger partial charge is 0.239 e. The Kier molecular flexibility index (Phi) is 7.97. The van der Waals surface area contributed by atoms with E-state index in [2.05, 4.69) is 25.4 Å². The highest BCUT2D eigenvalue weighted by molar-refractivity contribution is 5.83. The summed E-state index contributed by atoms with van der Waals surface area (Å²) >= 11 is 0. The molecule has 0 spiro atoms. The zero-order valence-electron chi connectivity index (χ0n) is 18.8. The Morgan fingerprint density at radius 1 is 1.03 bits per heavy atom. The molecule has 4 N–H and O–H groups in total. The predicted molar refractivity (Wildman–Crippen MR) is 124 cm³/mol. The first-order valence-electron chi connectivity index (χ1n) is 12.3. The average Bonchev–Trinajstić information content (AvgIpc) is 3.03. The highest BCUT2D eigenvalue weighted by Crippen LogP contribution is 2.31. The van der Waals surface area contributed by atoms with Crippen molar-refractivity contribution in [3.63, 3.8) is 0 Å². The largest absolute Gasteiger partial charge is 0.356 e. The topological polar surface area (TPSA) is 99.4 Å². The van der Waals surface area contributed by atoms with Crippen LogP contribution < -0.4 is 21.3 Å². The van der Waals surface area contributed by atoms with E-state index in [1.165, 1.54) is 57.8 Å². The number of likely N-dealkylation sites (tertiary alicyclic amines) is 1. The van der Waals surface area contributed by atoms with Gasteiger partial charge >= 0.3 is 0 Å². The van der Waals surface area contributed by atoms with Crippen LogP contribution in [0.2, 0.25) is 0 Å². The van der Waals surface area contributed by atoms with Crippen molar-refractivity contribution in [2.45, 2.75) is 82.3 Å². The molecule has 2 atom stereocenters. The second-order valence-electron chi connectivity index (χ2n) is 9.23. The number of nitrogens with two attached hydrogens (primary N) is 1. The molecule has 2 saturated heterocycles. The molecule has 1 saturated carbocycles. The summed E-state index contributed by atoms with van der Waals surface area (Å²) in [6, 6.07) is 2.32. The monoisotopic (exact) mass is 429 g/mol. The SMILES string of the molecule is NCCNC(=O)[C@@H]1[C@@H](Nc2nccc(N3CCCCCC3)n2)CCN1C1CCCCC1. The van der Waals surface area contributed by atoms with Crippen LogP contribution in [-0.4, -0.2) is 71.6 Å². The molecule has 31 heavy (non-hydrogen) atoms. The Bertz CT molecular complexity index is 701. The van der Waals surface area contributed by atoms with Crippen molar-refractivity contribution in [3.05, 3.63) is 12.3 Å². The summed E-state index contributed by atoms with van der Waals surface area (Å²) in [5, 5.41) is 6.56. The van der Waals surface area contributed by atoms with Crippen LogP contribution in [0.1, 0.15) is 64.2 Å². The van der Waals surface area contributed by atoms with Gasteiger partial charge in [-0.25, -0.2) is 4.98 Å². The third-order valence-electron chi connectivity index (χ3n) is 7.08. The number of carbonyl (C=O) groups excluding carboxylic acids is 1. The Hall–Kier alpha value is -1.93. The normalized spacial score (nSPS) is 25.9. The Balaban J connectivity index is 1.47. The maximum absolute atomic E-state index is 13.1. The zero-order chi connectivity index (χ0) is 21.5. The van der Waals surface area contributed by atoms with Gasteiger partial charge in [-0.1, -0.05) is 32.1 Å². The van der Waals surface area contributed by atoms with Gasteiger partial charge < -0.3 is 21.3 Å². The molecule has 0 bridgehead atoms. The number of amides is 1. The summed E-state index contributed by atoms with van der Waals surface area (Å²) < 4.78 is 0. The minimum atomic E-state index is -0.194. The highest BCUT2D eigenvalue weighted by atomic mass is 16.2. The number of aromatic nitrogens is 2. The van der Waals surface area contributed by atoms with Gasteiger partial charge in [-0.15, -0.1) is 0 Å². The zero-order valence-corrected chi connectivity index (χ0v) is 18.8. The van der Waals surface area contributed by atoms with Crippen molar-refractivity contribution in [3.8, 4) is 0 Å². The summed E-state index contributed by atoms with van der Waals surface area (Å²) in [4.78, 5) is 27.2. The highest BCUT2D eigenvalue weighted by Gasteiger charge is 2.42. The van der Waals surface area contributed by atoms with E-state index >= 15 is 0 Å². The van der Waals surface area contributed by atoms with E-state index < -0.39 is 0 Å². The van der Waals surface area contributed by atoms with Crippen LogP contribution in [0, 0.1) is 0 Å². The molecular weight excluding hydrogens is 390 g/mol. The van der Waals surface area contributed by atoms with Crippen LogP contribution in [0.15, 0.2) is 12.3 Å². The first-order valence-corrected chi connectivity index (χ1v) is 12.3. The van der Waals surface area contributed by atoms with Crippen molar-refractivity contribution in [2.24, 2.45) is 5.73 Å². The molecule has 4 rings (SSSR count). The molecule has 0 unspecified atom stereocenters. The van der Waals surface area contributed by atoms with E-state index in [1.807, 2.05) is 12.3 Å². The van der Waals surface area contributed by atoms with Crippen LogP contribution in [0.3, 0.4) is 0 Å².